The van der Waals surface area contributed by atoms with Gasteiger partial charge in [-0.25, -0.2) is 4.39 Å². The number of halogens is 1. The lowest BCUT2D eigenvalue weighted by Crippen LogP contribution is -2.32. The first-order valence-corrected chi connectivity index (χ1v) is 7.44. The molecule has 0 aliphatic heterocycles. The van der Waals surface area contributed by atoms with Crippen molar-refractivity contribution >= 4 is 11.6 Å². The van der Waals surface area contributed by atoms with Gasteiger partial charge in [-0.2, -0.15) is 0 Å². The quantitative estimate of drug-likeness (QED) is 0.845. The van der Waals surface area contributed by atoms with E-state index in [1.165, 1.54) is 12.1 Å². The molecule has 2 rings (SSSR count). The molecule has 122 valence electrons. The number of para-hydroxylation sites is 1. The zero-order chi connectivity index (χ0) is 16.7. The minimum absolute atomic E-state index is 0.0719. The van der Waals surface area contributed by atoms with Gasteiger partial charge in [0.2, 0.25) is 0 Å². The second-order valence-electron chi connectivity index (χ2n) is 5.07. The van der Waals surface area contributed by atoms with Gasteiger partial charge in [0.05, 0.1) is 6.61 Å². The Hall–Kier alpha value is -2.40. The number of rotatable bonds is 7. The fourth-order valence-corrected chi connectivity index (χ4v) is 2.14. The van der Waals surface area contributed by atoms with Crippen molar-refractivity contribution in [2.45, 2.75) is 26.1 Å². The Morgan fingerprint density at radius 2 is 2.00 bits per heavy atom. The molecule has 4 nitrogen and oxygen atoms in total. The Morgan fingerprint density at radius 3 is 2.70 bits per heavy atom. The van der Waals surface area contributed by atoms with Crippen molar-refractivity contribution in [2.24, 2.45) is 0 Å². The third-order valence-corrected chi connectivity index (χ3v) is 3.27. The van der Waals surface area contributed by atoms with Gasteiger partial charge in [-0.15, -0.1) is 0 Å². The lowest BCUT2D eigenvalue weighted by atomic mass is 10.2. The summed E-state index contributed by atoms with van der Waals surface area (Å²) in [7, 11) is 1.61. The predicted octanol–water partition coefficient (Wildman–Crippen LogP) is 3.77. The van der Waals surface area contributed by atoms with Crippen LogP contribution in [0.15, 0.2) is 48.5 Å². The summed E-state index contributed by atoms with van der Waals surface area (Å²) in [5.74, 6) is -0.728. The smallest absolute Gasteiger partial charge is 0.265 e. The van der Waals surface area contributed by atoms with Crippen molar-refractivity contribution in [3.8, 4) is 5.75 Å². The standard InChI is InChI=1S/C18H20FNO3/c1-3-16(23-17-10-5-4-9-15(17)19)18(21)20-14-8-6-7-13(11-14)12-22-2/h4-11,16H,3,12H2,1-2H3,(H,20,21)/t16-/m1/s1. The molecular weight excluding hydrogens is 297 g/mol. The molecule has 23 heavy (non-hydrogen) atoms. The molecule has 0 aliphatic carbocycles. The largest absolute Gasteiger partial charge is 0.478 e. The Balaban J connectivity index is 2.05. The number of hydrogen-bond acceptors (Lipinski definition) is 3. The lowest BCUT2D eigenvalue weighted by molar-refractivity contribution is -0.122. The SMILES string of the molecule is CC[C@@H](Oc1ccccc1F)C(=O)Nc1cccc(COC)c1. The maximum absolute atomic E-state index is 13.6. The van der Waals surface area contributed by atoms with E-state index in [1.54, 1.807) is 25.3 Å². The van der Waals surface area contributed by atoms with Crippen molar-refractivity contribution in [2.75, 3.05) is 12.4 Å². The van der Waals surface area contributed by atoms with Crippen LogP contribution in [-0.4, -0.2) is 19.1 Å². The number of methoxy groups -OCH3 is 1. The molecule has 2 aromatic rings. The maximum atomic E-state index is 13.6. The van der Waals surface area contributed by atoms with Gasteiger partial charge in [0.15, 0.2) is 17.7 Å². The van der Waals surface area contributed by atoms with Crippen molar-refractivity contribution in [1.29, 1.82) is 0 Å². The summed E-state index contributed by atoms with van der Waals surface area (Å²) in [6, 6.07) is 13.4. The van der Waals surface area contributed by atoms with Gasteiger partial charge >= 0.3 is 0 Å². The number of carbonyl (C=O) groups is 1. The highest BCUT2D eigenvalue weighted by molar-refractivity contribution is 5.94. The Bertz CT molecular complexity index is 660. The fraction of sp³-hybridized carbons (Fsp3) is 0.278. The van der Waals surface area contributed by atoms with Crippen LogP contribution in [0.5, 0.6) is 5.75 Å². The molecule has 0 fully saturated rings. The first kappa shape index (κ1) is 17.0. The highest BCUT2D eigenvalue weighted by atomic mass is 19.1. The minimum Gasteiger partial charge on any atom is -0.478 e. The zero-order valence-corrected chi connectivity index (χ0v) is 13.2. The van der Waals surface area contributed by atoms with Crippen LogP contribution in [0, 0.1) is 5.82 Å². The molecule has 1 atom stereocenters. The van der Waals surface area contributed by atoms with Crippen molar-refractivity contribution in [1.82, 2.24) is 0 Å². The summed E-state index contributed by atoms with van der Waals surface area (Å²) < 4.78 is 24.2. The molecule has 0 spiro atoms. The van der Waals surface area contributed by atoms with E-state index < -0.39 is 11.9 Å². The average molecular weight is 317 g/mol. The van der Waals surface area contributed by atoms with E-state index in [0.717, 1.165) is 5.56 Å². The van der Waals surface area contributed by atoms with Gasteiger partial charge in [-0.05, 0) is 36.2 Å². The van der Waals surface area contributed by atoms with Crippen LogP contribution in [0.3, 0.4) is 0 Å². The summed E-state index contributed by atoms with van der Waals surface area (Å²) in [6.07, 6.45) is -0.337. The number of amides is 1. The third-order valence-electron chi connectivity index (χ3n) is 3.27. The lowest BCUT2D eigenvalue weighted by Gasteiger charge is -2.18. The molecule has 2 aromatic carbocycles. The number of nitrogens with one attached hydrogen (secondary N) is 1. The topological polar surface area (TPSA) is 47.6 Å². The monoisotopic (exact) mass is 317 g/mol. The van der Waals surface area contributed by atoms with Crippen LogP contribution in [0.25, 0.3) is 0 Å². The molecular formula is C18H20FNO3. The molecule has 0 aliphatic rings. The number of anilines is 1. The van der Waals surface area contributed by atoms with Crippen LogP contribution in [0.1, 0.15) is 18.9 Å². The molecule has 5 heteroatoms. The summed E-state index contributed by atoms with van der Waals surface area (Å²) >= 11 is 0. The van der Waals surface area contributed by atoms with E-state index in [-0.39, 0.29) is 11.7 Å². The number of benzene rings is 2. The van der Waals surface area contributed by atoms with E-state index in [4.69, 9.17) is 9.47 Å². The van der Waals surface area contributed by atoms with Gasteiger partial charge < -0.3 is 14.8 Å². The summed E-state index contributed by atoms with van der Waals surface area (Å²) in [5, 5.41) is 2.79. The molecule has 1 N–H and O–H groups in total. The first-order chi connectivity index (χ1) is 11.1. The van der Waals surface area contributed by atoms with E-state index in [1.807, 2.05) is 25.1 Å². The molecule has 0 unspecified atom stereocenters. The predicted molar refractivity (Wildman–Crippen MR) is 86.9 cm³/mol. The molecule has 0 saturated carbocycles. The Labute approximate surface area is 135 Å². The normalized spacial score (nSPS) is 11.8. The van der Waals surface area contributed by atoms with Crippen LogP contribution in [0.4, 0.5) is 10.1 Å². The average Bonchev–Trinajstić information content (AvgIpc) is 2.54. The summed E-state index contributed by atoms with van der Waals surface area (Å²) in [4.78, 5) is 12.3. The van der Waals surface area contributed by atoms with Gasteiger partial charge in [0.25, 0.3) is 5.91 Å². The van der Waals surface area contributed by atoms with Crippen LogP contribution >= 0.6 is 0 Å². The van der Waals surface area contributed by atoms with Gasteiger partial charge in [0.1, 0.15) is 0 Å². The Morgan fingerprint density at radius 1 is 1.22 bits per heavy atom. The molecule has 0 heterocycles. The number of hydrogen-bond donors (Lipinski definition) is 1. The van der Waals surface area contributed by atoms with Crippen molar-refractivity contribution < 1.29 is 18.7 Å². The van der Waals surface area contributed by atoms with Gasteiger partial charge in [-0.1, -0.05) is 31.2 Å². The van der Waals surface area contributed by atoms with E-state index in [9.17, 15) is 9.18 Å². The first-order valence-electron chi connectivity index (χ1n) is 7.44. The second kappa shape index (κ2) is 8.29. The molecule has 0 radical (unpaired) electrons. The third kappa shape index (κ3) is 4.79. The van der Waals surface area contributed by atoms with Gasteiger partial charge in [0, 0.05) is 12.8 Å². The van der Waals surface area contributed by atoms with E-state index in [0.29, 0.717) is 18.7 Å². The molecule has 0 aromatic heterocycles. The van der Waals surface area contributed by atoms with Crippen molar-refractivity contribution in [3.05, 3.63) is 59.9 Å². The molecule has 0 saturated heterocycles. The second-order valence-corrected chi connectivity index (χ2v) is 5.07. The summed E-state index contributed by atoms with van der Waals surface area (Å²) in [6.45, 7) is 2.28. The number of ether oxygens (including phenoxy) is 2. The van der Waals surface area contributed by atoms with Crippen LogP contribution in [0.2, 0.25) is 0 Å². The highest BCUT2D eigenvalue weighted by Gasteiger charge is 2.20. The minimum atomic E-state index is -0.766. The maximum Gasteiger partial charge on any atom is 0.265 e. The Kier molecular flexibility index (Phi) is 6.11. The van der Waals surface area contributed by atoms with Crippen LogP contribution in [-0.2, 0) is 16.1 Å². The zero-order valence-electron chi connectivity index (χ0n) is 13.2. The van der Waals surface area contributed by atoms with Gasteiger partial charge in [-0.3, -0.25) is 4.79 Å². The molecule has 1 amide bonds. The van der Waals surface area contributed by atoms with E-state index >= 15 is 0 Å². The highest BCUT2D eigenvalue weighted by Crippen LogP contribution is 2.19. The van der Waals surface area contributed by atoms with E-state index in [2.05, 4.69) is 5.32 Å². The fourth-order valence-electron chi connectivity index (χ4n) is 2.14. The van der Waals surface area contributed by atoms with Crippen molar-refractivity contribution in [3.63, 3.8) is 0 Å². The number of carbonyl (C=O) groups excluding carboxylic acids is 1. The van der Waals surface area contributed by atoms with Crippen LogP contribution < -0.4 is 10.1 Å². The summed E-state index contributed by atoms with van der Waals surface area (Å²) in [5.41, 5.74) is 1.61. The molecule has 0 bridgehead atoms.